The van der Waals surface area contributed by atoms with E-state index in [1.54, 1.807) is 0 Å². The van der Waals surface area contributed by atoms with Gasteiger partial charge in [-0.1, -0.05) is 89.6 Å². The van der Waals surface area contributed by atoms with E-state index in [0.29, 0.717) is 51.0 Å². The molecule has 0 radical (unpaired) electrons. The monoisotopic (exact) mass is 571 g/mol. The number of ether oxygens (including phenoxy) is 1. The van der Waals surface area contributed by atoms with Gasteiger partial charge < -0.3 is 25.4 Å². The fraction of sp³-hybridized carbons (Fsp3) is 0.688. The summed E-state index contributed by atoms with van der Waals surface area (Å²) >= 11 is 0. The zero-order chi connectivity index (χ0) is 29.8. The van der Waals surface area contributed by atoms with E-state index in [0.717, 1.165) is 31.2 Å². The van der Waals surface area contributed by atoms with Crippen molar-refractivity contribution < 1.29 is 29.0 Å². The number of aliphatic hydroxyl groups excluding tert-OH is 1. The van der Waals surface area contributed by atoms with Gasteiger partial charge in [-0.2, -0.15) is 0 Å². The molecule has 3 amide bonds. The molecule has 2 aliphatic rings. The molecule has 0 spiro atoms. The predicted octanol–water partition coefficient (Wildman–Crippen LogP) is 4.50. The van der Waals surface area contributed by atoms with Crippen LogP contribution in [0.5, 0.6) is 0 Å². The summed E-state index contributed by atoms with van der Waals surface area (Å²) in [6, 6.07) is 6.93. The first-order chi connectivity index (χ1) is 19.7. The van der Waals surface area contributed by atoms with E-state index in [-0.39, 0.29) is 30.1 Å². The van der Waals surface area contributed by atoms with Crippen LogP contribution < -0.4 is 10.6 Å². The van der Waals surface area contributed by atoms with Crippen molar-refractivity contribution in [2.75, 3.05) is 6.54 Å². The van der Waals surface area contributed by atoms with E-state index in [9.17, 15) is 24.3 Å². The SMILES string of the molecule is CCC[C@H](NC(=O)[C@@H]1CCCN1C(=O)[C@H](CC(C)C)NC(=O)OCc1ccccc1)C(=O)C(O)CC1CCCCC1. The Bertz CT molecular complexity index is 994. The van der Waals surface area contributed by atoms with Gasteiger partial charge in [-0.3, -0.25) is 14.4 Å². The minimum Gasteiger partial charge on any atom is -0.445 e. The first-order valence-electron chi connectivity index (χ1n) is 15.5. The third kappa shape index (κ3) is 10.1. The van der Waals surface area contributed by atoms with Gasteiger partial charge in [0.2, 0.25) is 11.8 Å². The molecule has 9 heteroatoms. The highest BCUT2D eigenvalue weighted by molar-refractivity contribution is 5.95. The largest absolute Gasteiger partial charge is 0.445 e. The Kier molecular flexibility index (Phi) is 13.1. The first-order valence-corrected chi connectivity index (χ1v) is 15.5. The highest BCUT2D eigenvalue weighted by Crippen LogP contribution is 2.28. The molecule has 1 aliphatic heterocycles. The van der Waals surface area contributed by atoms with Crippen LogP contribution in [0.15, 0.2) is 30.3 Å². The number of alkyl carbamates (subject to hydrolysis) is 1. The van der Waals surface area contributed by atoms with Crippen LogP contribution in [0.4, 0.5) is 4.79 Å². The van der Waals surface area contributed by atoms with Crippen LogP contribution in [0.1, 0.15) is 97.0 Å². The number of nitrogens with zero attached hydrogens (tertiary/aromatic N) is 1. The van der Waals surface area contributed by atoms with Gasteiger partial charge in [-0.05, 0) is 49.5 Å². The molecule has 1 saturated heterocycles. The Balaban J connectivity index is 1.61. The lowest BCUT2D eigenvalue weighted by Gasteiger charge is -2.31. The van der Waals surface area contributed by atoms with Crippen molar-refractivity contribution in [2.24, 2.45) is 11.8 Å². The van der Waals surface area contributed by atoms with Gasteiger partial charge in [0.25, 0.3) is 0 Å². The van der Waals surface area contributed by atoms with E-state index in [1.807, 2.05) is 51.1 Å². The molecule has 2 fully saturated rings. The second kappa shape index (κ2) is 16.5. The fourth-order valence-corrected chi connectivity index (χ4v) is 6.03. The molecule has 1 saturated carbocycles. The van der Waals surface area contributed by atoms with Crippen LogP contribution in [0, 0.1) is 11.8 Å². The normalized spacial score (nSPS) is 19.8. The van der Waals surface area contributed by atoms with Crippen LogP contribution >= 0.6 is 0 Å². The van der Waals surface area contributed by atoms with Crippen LogP contribution in [-0.2, 0) is 25.7 Å². The zero-order valence-corrected chi connectivity index (χ0v) is 25.0. The quantitative estimate of drug-likeness (QED) is 0.302. The number of Topliss-reactive ketones (excluding diaryl/α,β-unsaturated/α-hetero) is 1. The molecule has 1 aliphatic carbocycles. The van der Waals surface area contributed by atoms with Gasteiger partial charge in [0, 0.05) is 6.54 Å². The van der Waals surface area contributed by atoms with Gasteiger partial charge >= 0.3 is 6.09 Å². The van der Waals surface area contributed by atoms with Crippen molar-refractivity contribution >= 4 is 23.7 Å². The van der Waals surface area contributed by atoms with Crippen molar-refractivity contribution in [1.29, 1.82) is 0 Å². The lowest BCUT2D eigenvalue weighted by Crippen LogP contribution is -2.56. The molecule has 3 rings (SSSR count). The molecule has 4 atom stereocenters. The molecule has 1 unspecified atom stereocenters. The summed E-state index contributed by atoms with van der Waals surface area (Å²) in [5.41, 5.74) is 0.839. The molecular formula is C32H49N3O6. The molecule has 0 bridgehead atoms. The number of amides is 3. The highest BCUT2D eigenvalue weighted by Gasteiger charge is 2.39. The maximum atomic E-state index is 13.6. The molecular weight excluding hydrogens is 522 g/mol. The van der Waals surface area contributed by atoms with Gasteiger partial charge in [-0.25, -0.2) is 4.79 Å². The number of likely N-dealkylation sites (tertiary alicyclic amines) is 1. The Hall–Kier alpha value is -2.94. The number of nitrogens with one attached hydrogen (secondary N) is 2. The summed E-state index contributed by atoms with van der Waals surface area (Å²) in [4.78, 5) is 54.4. The van der Waals surface area contributed by atoms with Crippen molar-refractivity contribution in [3.63, 3.8) is 0 Å². The Morgan fingerprint density at radius 3 is 2.34 bits per heavy atom. The average molecular weight is 572 g/mol. The second-order valence-electron chi connectivity index (χ2n) is 12.1. The summed E-state index contributed by atoms with van der Waals surface area (Å²) in [5.74, 6) is -0.604. The number of hydrogen-bond acceptors (Lipinski definition) is 6. The van der Waals surface area contributed by atoms with E-state index < -0.39 is 30.3 Å². The molecule has 228 valence electrons. The number of hydrogen-bond donors (Lipinski definition) is 3. The number of benzene rings is 1. The molecule has 9 nitrogen and oxygen atoms in total. The second-order valence-corrected chi connectivity index (χ2v) is 12.1. The number of rotatable bonds is 14. The lowest BCUT2D eigenvalue weighted by atomic mass is 9.84. The van der Waals surface area contributed by atoms with Crippen molar-refractivity contribution in [3.8, 4) is 0 Å². The zero-order valence-electron chi connectivity index (χ0n) is 25.0. The highest BCUT2D eigenvalue weighted by atomic mass is 16.5. The van der Waals surface area contributed by atoms with Gasteiger partial charge in [0.15, 0.2) is 5.78 Å². The smallest absolute Gasteiger partial charge is 0.408 e. The van der Waals surface area contributed by atoms with Crippen LogP contribution in [0.2, 0.25) is 0 Å². The molecule has 1 aromatic rings. The summed E-state index contributed by atoms with van der Waals surface area (Å²) < 4.78 is 5.35. The van der Waals surface area contributed by atoms with Crippen molar-refractivity contribution in [1.82, 2.24) is 15.5 Å². The van der Waals surface area contributed by atoms with Crippen LogP contribution in [0.25, 0.3) is 0 Å². The molecule has 1 aromatic carbocycles. The van der Waals surface area contributed by atoms with Crippen LogP contribution in [-0.4, -0.2) is 64.5 Å². The van der Waals surface area contributed by atoms with E-state index >= 15 is 0 Å². The Morgan fingerprint density at radius 2 is 1.68 bits per heavy atom. The summed E-state index contributed by atoms with van der Waals surface area (Å²) in [7, 11) is 0. The number of carbonyl (C=O) groups excluding carboxylic acids is 4. The van der Waals surface area contributed by atoms with Crippen molar-refractivity contribution in [3.05, 3.63) is 35.9 Å². The number of carbonyl (C=O) groups is 4. The molecule has 41 heavy (non-hydrogen) atoms. The van der Waals surface area contributed by atoms with E-state index in [4.69, 9.17) is 4.74 Å². The Morgan fingerprint density at radius 1 is 0.976 bits per heavy atom. The average Bonchev–Trinajstić information content (AvgIpc) is 3.46. The topological polar surface area (TPSA) is 125 Å². The predicted molar refractivity (Wildman–Crippen MR) is 157 cm³/mol. The summed E-state index contributed by atoms with van der Waals surface area (Å²) in [5, 5.41) is 16.3. The van der Waals surface area contributed by atoms with E-state index in [2.05, 4.69) is 10.6 Å². The minimum atomic E-state index is -1.10. The molecule has 3 N–H and O–H groups in total. The maximum Gasteiger partial charge on any atom is 0.408 e. The standard InChI is InChI=1S/C32H49N3O6/c1-4-12-25(29(37)28(36)20-23-13-7-5-8-14-23)33-30(38)27-17-11-18-35(27)31(39)26(19-22(2)3)34-32(40)41-21-24-15-9-6-10-16-24/h6,9-10,15-16,22-23,25-28,36H,4-5,7-8,11-14,17-21H2,1-3H3,(H,33,38)(H,34,40)/t25-,26-,27-,28?/m0/s1. The third-order valence-electron chi connectivity index (χ3n) is 8.20. The fourth-order valence-electron chi connectivity index (χ4n) is 6.03. The van der Waals surface area contributed by atoms with Gasteiger partial charge in [0.05, 0.1) is 6.04 Å². The molecule has 1 heterocycles. The summed E-state index contributed by atoms with van der Waals surface area (Å²) in [6.07, 6.45) is 6.78. The lowest BCUT2D eigenvalue weighted by molar-refractivity contribution is -0.141. The van der Waals surface area contributed by atoms with Gasteiger partial charge in [0.1, 0.15) is 24.8 Å². The third-order valence-corrected chi connectivity index (χ3v) is 8.20. The first kappa shape index (κ1) is 32.6. The van der Waals surface area contributed by atoms with Gasteiger partial charge in [-0.15, -0.1) is 0 Å². The van der Waals surface area contributed by atoms with Crippen molar-refractivity contribution in [2.45, 2.75) is 122 Å². The molecule has 0 aromatic heterocycles. The summed E-state index contributed by atoms with van der Waals surface area (Å²) in [6.45, 7) is 6.34. The van der Waals surface area contributed by atoms with Crippen LogP contribution in [0.3, 0.4) is 0 Å². The Labute approximate surface area is 244 Å². The maximum absolute atomic E-state index is 13.6. The number of ketones is 1. The minimum absolute atomic E-state index is 0.0868. The van der Waals surface area contributed by atoms with E-state index in [1.165, 1.54) is 11.3 Å². The number of aliphatic hydroxyl groups is 1.